The third kappa shape index (κ3) is 4.59. The quantitative estimate of drug-likeness (QED) is 0.275. The Balaban J connectivity index is 1.37. The van der Waals surface area contributed by atoms with Crippen molar-refractivity contribution in [1.29, 1.82) is 0 Å². The summed E-state index contributed by atoms with van der Waals surface area (Å²) in [5, 5.41) is 11.3. The first-order valence-electron chi connectivity index (χ1n) is 14.5. The fourth-order valence-electron chi connectivity index (χ4n) is 7.11. The number of benzene rings is 2. The number of piperidine rings is 1. The Labute approximate surface area is 246 Å². The van der Waals surface area contributed by atoms with E-state index in [1.165, 1.54) is 30.5 Å². The fourth-order valence-corrected chi connectivity index (χ4v) is 7.39. The van der Waals surface area contributed by atoms with E-state index in [9.17, 15) is 13.9 Å². The summed E-state index contributed by atoms with van der Waals surface area (Å²) in [7, 11) is 0. The largest absolute Gasteiger partial charge is 0.508 e. The van der Waals surface area contributed by atoms with Gasteiger partial charge in [-0.15, -0.1) is 0 Å². The van der Waals surface area contributed by atoms with Gasteiger partial charge in [-0.1, -0.05) is 24.6 Å². The predicted octanol–water partition coefficient (Wildman–Crippen LogP) is 6.67. The van der Waals surface area contributed by atoms with Gasteiger partial charge in [0.2, 0.25) is 0 Å². The molecule has 1 N–H and O–H groups in total. The van der Waals surface area contributed by atoms with Crippen molar-refractivity contribution in [2.45, 2.75) is 50.7 Å². The van der Waals surface area contributed by atoms with Crippen LogP contribution in [0.1, 0.15) is 39.0 Å². The highest BCUT2D eigenvalue weighted by Gasteiger charge is 2.49. The molecule has 5 heterocycles. The maximum Gasteiger partial charge on any atom is 0.319 e. The van der Waals surface area contributed by atoms with Crippen LogP contribution in [0.5, 0.6) is 11.8 Å². The number of anilines is 1. The zero-order valence-corrected chi connectivity index (χ0v) is 24.0. The smallest absolute Gasteiger partial charge is 0.319 e. The number of hydrogen-bond acceptors (Lipinski definition) is 7. The zero-order chi connectivity index (χ0) is 29.2. The minimum absolute atomic E-state index is 0.00203. The highest BCUT2D eigenvalue weighted by atomic mass is 35.5. The van der Waals surface area contributed by atoms with Gasteiger partial charge in [0, 0.05) is 43.2 Å². The van der Waals surface area contributed by atoms with Crippen LogP contribution < -0.4 is 9.64 Å². The average molecular weight is 598 g/mol. The summed E-state index contributed by atoms with van der Waals surface area (Å²) < 4.78 is 51.6. The van der Waals surface area contributed by atoms with Crippen LogP contribution in [-0.2, 0) is 0 Å². The molecule has 220 valence electrons. The van der Waals surface area contributed by atoms with Gasteiger partial charge < -0.3 is 14.7 Å². The second-order valence-corrected chi connectivity index (χ2v) is 12.4. The first-order valence-corrected chi connectivity index (χ1v) is 14.8. The lowest BCUT2D eigenvalue weighted by molar-refractivity contribution is 0.107. The number of alkyl halides is 1. The molecule has 2 aromatic carbocycles. The maximum atomic E-state index is 16.6. The molecule has 0 saturated carbocycles. The van der Waals surface area contributed by atoms with Crippen LogP contribution in [0.15, 0.2) is 30.5 Å². The molecular weight excluding hydrogens is 567 g/mol. The lowest BCUT2D eigenvalue weighted by atomic mass is 9.95. The summed E-state index contributed by atoms with van der Waals surface area (Å²) >= 11 is 6.34. The summed E-state index contributed by atoms with van der Waals surface area (Å²) in [5.41, 5.74) is -0.405. The fraction of sp³-hybridized carbons (Fsp3) is 0.452. The Kier molecular flexibility index (Phi) is 6.81. The van der Waals surface area contributed by atoms with Crippen LogP contribution in [0.4, 0.5) is 19.0 Å². The van der Waals surface area contributed by atoms with Gasteiger partial charge in [-0.25, -0.2) is 13.2 Å². The summed E-state index contributed by atoms with van der Waals surface area (Å²) in [6, 6.07) is 5.43. The number of aromatic hydroxyl groups is 1. The van der Waals surface area contributed by atoms with Crippen molar-refractivity contribution < 1.29 is 23.0 Å². The molecule has 3 saturated heterocycles. The van der Waals surface area contributed by atoms with Crippen molar-refractivity contribution in [2.24, 2.45) is 5.92 Å². The van der Waals surface area contributed by atoms with Gasteiger partial charge in [0.05, 0.1) is 15.9 Å². The van der Waals surface area contributed by atoms with Crippen molar-refractivity contribution >= 4 is 39.1 Å². The van der Waals surface area contributed by atoms with Crippen LogP contribution in [-0.4, -0.2) is 69.5 Å². The second kappa shape index (κ2) is 10.4. The molecule has 7 nitrogen and oxygen atoms in total. The minimum Gasteiger partial charge on any atom is -0.508 e. The molecule has 0 bridgehead atoms. The van der Waals surface area contributed by atoms with E-state index in [0.717, 1.165) is 45.3 Å². The summed E-state index contributed by atoms with van der Waals surface area (Å²) in [4.78, 5) is 17.9. The Morgan fingerprint density at radius 1 is 1.14 bits per heavy atom. The van der Waals surface area contributed by atoms with Gasteiger partial charge in [-0.05, 0) is 61.7 Å². The summed E-state index contributed by atoms with van der Waals surface area (Å²) in [5.74, 6) is -0.616. The molecule has 0 aliphatic carbocycles. The lowest BCUT2D eigenvalue weighted by Gasteiger charge is -2.33. The number of fused-ring (bicyclic) bond motifs is 3. The number of aromatic nitrogens is 3. The molecule has 7 rings (SSSR count). The molecule has 4 aromatic rings. The molecule has 0 amide bonds. The molecule has 0 radical (unpaired) electrons. The van der Waals surface area contributed by atoms with Crippen molar-refractivity contribution in [2.75, 3.05) is 37.7 Å². The third-order valence-electron chi connectivity index (χ3n) is 9.08. The standard InChI is InChI=1S/C31H31ClF3N5O2/c1-17-4-2-8-39(14-17)29-22-13-36-27(21-11-20(41)10-18-5-6-23(34)25(32)24(18)21)26(35)28(22)37-30(38-29)42-16-31-7-3-9-40(31)15-19(33)12-31/h5-6,10-11,13,17,19,41H,2-4,7-9,12,14-16H2,1H3/t17-,19-,31+/m1/s1. The van der Waals surface area contributed by atoms with Gasteiger partial charge in [0.1, 0.15) is 41.4 Å². The molecule has 0 spiro atoms. The van der Waals surface area contributed by atoms with Crippen LogP contribution in [0.2, 0.25) is 5.02 Å². The Morgan fingerprint density at radius 2 is 2.00 bits per heavy atom. The van der Waals surface area contributed by atoms with E-state index >= 15 is 4.39 Å². The maximum absolute atomic E-state index is 16.6. The number of pyridine rings is 1. The van der Waals surface area contributed by atoms with E-state index in [4.69, 9.17) is 21.3 Å². The van der Waals surface area contributed by atoms with E-state index in [1.54, 1.807) is 0 Å². The Bertz CT molecular complexity index is 1710. The average Bonchev–Trinajstić information content (AvgIpc) is 3.49. The number of halogens is 4. The summed E-state index contributed by atoms with van der Waals surface area (Å²) in [6.07, 6.45) is 4.84. The van der Waals surface area contributed by atoms with Crippen LogP contribution in [0.25, 0.3) is 32.9 Å². The number of hydrogen-bond donors (Lipinski definition) is 1. The van der Waals surface area contributed by atoms with Gasteiger partial charge >= 0.3 is 6.01 Å². The van der Waals surface area contributed by atoms with E-state index in [1.807, 2.05) is 0 Å². The molecule has 3 aliphatic heterocycles. The van der Waals surface area contributed by atoms with Gasteiger partial charge in [0.15, 0.2) is 5.82 Å². The van der Waals surface area contributed by atoms with Crippen molar-refractivity contribution in [3.05, 3.63) is 47.1 Å². The molecule has 3 aliphatic rings. The van der Waals surface area contributed by atoms with Gasteiger partial charge in [0.25, 0.3) is 0 Å². The summed E-state index contributed by atoms with van der Waals surface area (Å²) in [6.45, 7) is 5.07. The molecule has 3 atom stereocenters. The number of phenols is 1. The van der Waals surface area contributed by atoms with Crippen molar-refractivity contribution in [3.8, 4) is 23.0 Å². The normalized spacial score (nSPS) is 24.5. The van der Waals surface area contributed by atoms with E-state index < -0.39 is 23.3 Å². The predicted molar refractivity (Wildman–Crippen MR) is 156 cm³/mol. The van der Waals surface area contributed by atoms with Crippen LogP contribution >= 0.6 is 11.6 Å². The SMILES string of the molecule is C[C@@H]1CCCN(c2nc(OC[C@@]34CCCN3C[C@H](F)C4)nc3c(F)c(-c4cc(O)cc5ccc(F)c(Cl)c45)ncc23)C1. The van der Waals surface area contributed by atoms with Crippen LogP contribution in [0, 0.1) is 17.6 Å². The Hall–Kier alpha value is -3.37. The van der Waals surface area contributed by atoms with Gasteiger partial charge in [-0.3, -0.25) is 9.88 Å². The molecule has 42 heavy (non-hydrogen) atoms. The Morgan fingerprint density at radius 3 is 2.83 bits per heavy atom. The minimum atomic E-state index is -0.906. The van der Waals surface area contributed by atoms with Crippen molar-refractivity contribution in [1.82, 2.24) is 19.9 Å². The van der Waals surface area contributed by atoms with E-state index in [0.29, 0.717) is 35.5 Å². The highest BCUT2D eigenvalue weighted by Crippen LogP contribution is 2.42. The van der Waals surface area contributed by atoms with Crippen LogP contribution in [0.3, 0.4) is 0 Å². The van der Waals surface area contributed by atoms with Gasteiger partial charge in [-0.2, -0.15) is 9.97 Å². The number of nitrogens with zero attached hydrogens (tertiary/aromatic N) is 5. The third-order valence-corrected chi connectivity index (χ3v) is 9.45. The second-order valence-electron chi connectivity index (χ2n) is 12.0. The van der Waals surface area contributed by atoms with E-state index in [-0.39, 0.29) is 45.5 Å². The monoisotopic (exact) mass is 597 g/mol. The number of ether oxygens (including phenoxy) is 1. The first kappa shape index (κ1) is 27.5. The highest BCUT2D eigenvalue weighted by molar-refractivity contribution is 6.37. The van der Waals surface area contributed by atoms with E-state index in [2.05, 4.69) is 26.7 Å². The molecule has 0 unspecified atom stereocenters. The lowest BCUT2D eigenvalue weighted by Crippen LogP contribution is -2.43. The molecule has 2 aromatic heterocycles. The zero-order valence-electron chi connectivity index (χ0n) is 23.2. The van der Waals surface area contributed by atoms with Crippen molar-refractivity contribution in [3.63, 3.8) is 0 Å². The molecule has 11 heteroatoms. The first-order chi connectivity index (χ1) is 20.2. The molecular formula is C31H31ClF3N5O2. The topological polar surface area (TPSA) is 74.6 Å². The number of phenolic OH excluding ortho intramolecular Hbond substituents is 1. The number of rotatable bonds is 5. The molecule has 3 fully saturated rings.